The smallest absolute Gasteiger partial charge is 0.304 e. The van der Waals surface area contributed by atoms with E-state index in [1.165, 1.54) is 19.9 Å². The molecule has 0 amide bonds. The largest absolute Gasteiger partial charge is 0.364 e. The first-order chi connectivity index (χ1) is 5.41. The van der Waals surface area contributed by atoms with E-state index in [0.717, 1.165) is 0 Å². The van der Waals surface area contributed by atoms with Gasteiger partial charge in [0.05, 0.1) is 6.61 Å². The zero-order valence-electron chi connectivity index (χ0n) is 7.03. The van der Waals surface area contributed by atoms with Crippen LogP contribution in [0.4, 0.5) is 13.2 Å². The number of rotatable bonds is 4. The van der Waals surface area contributed by atoms with Crippen molar-refractivity contribution in [2.24, 2.45) is 0 Å². The lowest BCUT2D eigenvalue weighted by Gasteiger charge is -2.21. The van der Waals surface area contributed by atoms with E-state index in [-0.39, 0.29) is 6.61 Å². The summed E-state index contributed by atoms with van der Waals surface area (Å²) < 4.78 is 40.9. The maximum Gasteiger partial charge on any atom is 0.304 e. The fourth-order valence-electron chi connectivity index (χ4n) is 0.558. The number of hydrogen-bond donors (Lipinski definition) is 0. The van der Waals surface area contributed by atoms with Gasteiger partial charge >= 0.3 is 6.08 Å². The molecular weight excluding hydrogens is 169 g/mol. The molecule has 70 valence electrons. The van der Waals surface area contributed by atoms with Crippen LogP contribution >= 0.6 is 0 Å². The van der Waals surface area contributed by atoms with Crippen molar-refractivity contribution >= 4 is 0 Å². The molecule has 4 heteroatoms. The minimum Gasteiger partial charge on any atom is -0.364 e. The standard InChI is InChI=1S/C8H11F3O/c1-4-5-12-8(2,3)6(9)7(10)11/h4H,1,5H2,2-3H3. The molecule has 0 saturated heterocycles. The third-order valence-corrected chi connectivity index (χ3v) is 1.26. The van der Waals surface area contributed by atoms with Crippen molar-refractivity contribution in [3.05, 3.63) is 24.6 Å². The van der Waals surface area contributed by atoms with E-state index < -0.39 is 17.5 Å². The molecule has 0 aliphatic carbocycles. The Bertz CT molecular complexity index is 192. The molecule has 0 fully saturated rings. The molecule has 0 saturated carbocycles. The molecule has 0 bridgehead atoms. The average Bonchev–Trinajstić information content (AvgIpc) is 1.99. The van der Waals surface area contributed by atoms with Gasteiger partial charge in [-0.2, -0.15) is 8.78 Å². The molecule has 0 aliphatic rings. The third-order valence-electron chi connectivity index (χ3n) is 1.26. The molecular formula is C8H11F3O. The van der Waals surface area contributed by atoms with Crippen LogP contribution in [0, 0.1) is 0 Å². The predicted molar refractivity (Wildman–Crippen MR) is 40.6 cm³/mol. The summed E-state index contributed by atoms with van der Waals surface area (Å²) >= 11 is 0. The summed E-state index contributed by atoms with van der Waals surface area (Å²) in [6.45, 7) is 5.81. The fourth-order valence-corrected chi connectivity index (χ4v) is 0.558. The Labute approximate surface area is 69.5 Å². The van der Waals surface area contributed by atoms with Crippen LogP contribution in [0.2, 0.25) is 0 Å². The lowest BCUT2D eigenvalue weighted by molar-refractivity contribution is 0.00692. The summed E-state index contributed by atoms with van der Waals surface area (Å²) in [7, 11) is 0. The van der Waals surface area contributed by atoms with Crippen molar-refractivity contribution in [1.82, 2.24) is 0 Å². The van der Waals surface area contributed by atoms with E-state index >= 15 is 0 Å². The van der Waals surface area contributed by atoms with Gasteiger partial charge in [0.1, 0.15) is 5.60 Å². The first-order valence-corrected chi connectivity index (χ1v) is 3.38. The second kappa shape index (κ2) is 4.30. The number of hydrogen-bond acceptors (Lipinski definition) is 1. The Balaban J connectivity index is 4.39. The van der Waals surface area contributed by atoms with E-state index in [0.29, 0.717) is 0 Å². The van der Waals surface area contributed by atoms with E-state index in [1.807, 2.05) is 0 Å². The number of ether oxygens (including phenoxy) is 1. The fraction of sp³-hybridized carbons (Fsp3) is 0.500. The second-order valence-electron chi connectivity index (χ2n) is 2.68. The minimum absolute atomic E-state index is 0.0354. The first-order valence-electron chi connectivity index (χ1n) is 3.38. The van der Waals surface area contributed by atoms with Crippen molar-refractivity contribution < 1.29 is 17.9 Å². The van der Waals surface area contributed by atoms with Crippen LogP contribution in [-0.2, 0) is 4.74 Å². The van der Waals surface area contributed by atoms with E-state index in [9.17, 15) is 13.2 Å². The summed E-state index contributed by atoms with van der Waals surface area (Å²) in [5.41, 5.74) is -1.58. The second-order valence-corrected chi connectivity index (χ2v) is 2.68. The monoisotopic (exact) mass is 180 g/mol. The molecule has 0 radical (unpaired) electrons. The van der Waals surface area contributed by atoms with Gasteiger partial charge in [0.25, 0.3) is 0 Å². The van der Waals surface area contributed by atoms with Crippen LogP contribution in [0.1, 0.15) is 13.8 Å². The molecule has 0 atom stereocenters. The van der Waals surface area contributed by atoms with Crippen LogP contribution < -0.4 is 0 Å². The molecule has 0 N–H and O–H groups in total. The van der Waals surface area contributed by atoms with Crippen molar-refractivity contribution in [3.63, 3.8) is 0 Å². The van der Waals surface area contributed by atoms with Gasteiger partial charge in [0.2, 0.25) is 0 Å². The van der Waals surface area contributed by atoms with Crippen molar-refractivity contribution in [2.75, 3.05) is 6.61 Å². The summed E-state index contributed by atoms with van der Waals surface area (Å²) in [6.07, 6.45) is -0.977. The Morgan fingerprint density at radius 2 is 1.92 bits per heavy atom. The Kier molecular flexibility index (Phi) is 4.03. The Morgan fingerprint density at radius 1 is 1.42 bits per heavy atom. The molecule has 0 spiro atoms. The van der Waals surface area contributed by atoms with Gasteiger partial charge in [-0.3, -0.25) is 0 Å². The maximum absolute atomic E-state index is 12.6. The molecule has 0 aromatic carbocycles. The van der Waals surface area contributed by atoms with Gasteiger partial charge in [-0.05, 0) is 13.8 Å². The highest BCUT2D eigenvalue weighted by atomic mass is 19.3. The van der Waals surface area contributed by atoms with Gasteiger partial charge in [-0.1, -0.05) is 6.08 Å². The SMILES string of the molecule is C=CCOC(C)(C)C(F)=C(F)F. The first kappa shape index (κ1) is 11.2. The van der Waals surface area contributed by atoms with Crippen LogP contribution in [-0.4, -0.2) is 12.2 Å². The quantitative estimate of drug-likeness (QED) is 0.604. The van der Waals surface area contributed by atoms with E-state index in [1.54, 1.807) is 0 Å². The molecule has 12 heavy (non-hydrogen) atoms. The Hall–Kier alpha value is -0.770. The zero-order valence-corrected chi connectivity index (χ0v) is 7.03. The average molecular weight is 180 g/mol. The summed E-state index contributed by atoms with van der Waals surface area (Å²) in [6, 6.07) is 0. The van der Waals surface area contributed by atoms with Gasteiger partial charge in [0.15, 0.2) is 5.83 Å². The summed E-state index contributed by atoms with van der Waals surface area (Å²) in [5, 5.41) is 0. The summed E-state index contributed by atoms with van der Waals surface area (Å²) in [4.78, 5) is 0. The van der Waals surface area contributed by atoms with Crippen molar-refractivity contribution in [3.8, 4) is 0 Å². The molecule has 0 aromatic rings. The summed E-state index contributed by atoms with van der Waals surface area (Å²) in [5.74, 6) is -1.54. The topological polar surface area (TPSA) is 9.23 Å². The highest BCUT2D eigenvalue weighted by Gasteiger charge is 2.28. The maximum atomic E-state index is 12.6. The lowest BCUT2D eigenvalue weighted by atomic mass is 10.1. The molecule has 1 nitrogen and oxygen atoms in total. The molecule has 0 heterocycles. The van der Waals surface area contributed by atoms with E-state index in [2.05, 4.69) is 6.58 Å². The van der Waals surface area contributed by atoms with Gasteiger partial charge < -0.3 is 4.74 Å². The minimum atomic E-state index is -2.34. The van der Waals surface area contributed by atoms with E-state index in [4.69, 9.17) is 4.74 Å². The van der Waals surface area contributed by atoms with Gasteiger partial charge in [0, 0.05) is 0 Å². The zero-order chi connectivity index (χ0) is 9.78. The van der Waals surface area contributed by atoms with Gasteiger partial charge in [-0.15, -0.1) is 6.58 Å². The highest BCUT2D eigenvalue weighted by molar-refractivity contribution is 5.06. The molecule has 0 rings (SSSR count). The molecule has 0 aliphatic heterocycles. The number of halogens is 3. The van der Waals surface area contributed by atoms with Crippen LogP contribution in [0.5, 0.6) is 0 Å². The van der Waals surface area contributed by atoms with Crippen LogP contribution in [0.3, 0.4) is 0 Å². The van der Waals surface area contributed by atoms with Crippen molar-refractivity contribution in [2.45, 2.75) is 19.4 Å². The molecule has 0 aromatic heterocycles. The predicted octanol–water partition coefficient (Wildman–Crippen LogP) is 3.05. The normalized spacial score (nSPS) is 11.1. The third kappa shape index (κ3) is 3.09. The van der Waals surface area contributed by atoms with Crippen LogP contribution in [0.15, 0.2) is 24.6 Å². The van der Waals surface area contributed by atoms with Gasteiger partial charge in [-0.25, -0.2) is 4.39 Å². The van der Waals surface area contributed by atoms with Crippen molar-refractivity contribution in [1.29, 1.82) is 0 Å². The van der Waals surface area contributed by atoms with Crippen LogP contribution in [0.25, 0.3) is 0 Å². The lowest BCUT2D eigenvalue weighted by Crippen LogP contribution is -2.25. The molecule has 0 unspecified atom stereocenters. The highest BCUT2D eigenvalue weighted by Crippen LogP contribution is 2.26. The Morgan fingerprint density at radius 3 is 2.25 bits per heavy atom.